The molecule has 4 heterocycles. The van der Waals surface area contributed by atoms with Crippen molar-refractivity contribution in [2.24, 2.45) is 0 Å². The zero-order chi connectivity index (χ0) is 24.2. The summed E-state index contributed by atoms with van der Waals surface area (Å²) in [4.78, 5) is 30.9. The molecule has 35 heavy (non-hydrogen) atoms. The number of carbonyl (C=O) groups is 1. The van der Waals surface area contributed by atoms with Crippen molar-refractivity contribution in [2.45, 2.75) is 82.6 Å². The number of nitrogens with zero attached hydrogens (tertiary/aromatic N) is 4. The average molecular weight is 478 g/mol. The van der Waals surface area contributed by atoms with Crippen LogP contribution in [0.5, 0.6) is 5.88 Å². The Morgan fingerprint density at radius 2 is 2.03 bits per heavy atom. The molecule has 9 heteroatoms. The van der Waals surface area contributed by atoms with Crippen molar-refractivity contribution in [1.82, 2.24) is 19.3 Å². The summed E-state index contributed by atoms with van der Waals surface area (Å²) in [6.07, 6.45) is 10.6. The highest BCUT2D eigenvalue weighted by molar-refractivity contribution is 6.07. The van der Waals surface area contributed by atoms with Gasteiger partial charge in [-0.05, 0) is 77.0 Å². The summed E-state index contributed by atoms with van der Waals surface area (Å²) in [6.45, 7) is 4.79. The summed E-state index contributed by atoms with van der Waals surface area (Å²) < 4.78 is 15.7. The van der Waals surface area contributed by atoms with Gasteiger partial charge in [-0.25, -0.2) is 0 Å². The normalized spacial score (nSPS) is 22.1. The van der Waals surface area contributed by atoms with Crippen molar-refractivity contribution in [3.63, 3.8) is 0 Å². The van der Waals surface area contributed by atoms with E-state index in [1.165, 1.54) is 0 Å². The molecule has 0 radical (unpaired) electrons. The van der Waals surface area contributed by atoms with Crippen molar-refractivity contribution in [2.75, 3.05) is 11.9 Å². The van der Waals surface area contributed by atoms with E-state index < -0.39 is 5.91 Å². The molecule has 0 bridgehead atoms. The molecule has 1 N–H and O–H groups in total. The van der Waals surface area contributed by atoms with Gasteiger partial charge >= 0.3 is 0 Å². The van der Waals surface area contributed by atoms with Crippen LogP contribution < -0.4 is 15.6 Å². The lowest BCUT2D eigenvalue weighted by molar-refractivity contribution is -0.0745. The van der Waals surface area contributed by atoms with Gasteiger partial charge in [0.2, 0.25) is 5.88 Å². The average Bonchev–Trinajstić information content (AvgIpc) is 3.56. The lowest BCUT2D eigenvalue weighted by Gasteiger charge is -2.34. The molecule has 2 aliphatic carbocycles. The molecule has 3 fully saturated rings. The Labute approximate surface area is 203 Å². The van der Waals surface area contributed by atoms with Crippen LogP contribution in [-0.4, -0.2) is 43.6 Å². The molecular formula is C26H31N5O4. The van der Waals surface area contributed by atoms with Gasteiger partial charge in [0.25, 0.3) is 11.5 Å². The summed E-state index contributed by atoms with van der Waals surface area (Å²) in [5.41, 5.74) is 0.803. The summed E-state index contributed by atoms with van der Waals surface area (Å²) in [5.74, 6) is -0.140. The van der Waals surface area contributed by atoms with E-state index >= 15 is 0 Å². The van der Waals surface area contributed by atoms with Crippen molar-refractivity contribution < 1.29 is 14.3 Å². The molecule has 2 saturated carbocycles. The van der Waals surface area contributed by atoms with Crippen LogP contribution in [0.4, 0.5) is 5.69 Å². The standard InChI is InChI=1S/C26H31N5O4/c1-26(2)11-10-18(15-34-26)31-14-16-13-20(24(28-22(16)29-31)35-19-5-3-6-19)23(32)27-21-7-4-12-30(25(21)33)17-8-9-17/h4,7,12-14,17-19H,3,5-6,8-11,15H2,1-2H3,(H,27,32)/t18-/m0/s1. The number of fused-ring (bicyclic) bond motifs is 1. The number of nitrogens with one attached hydrogen (secondary N) is 1. The fourth-order valence-corrected chi connectivity index (χ4v) is 4.68. The van der Waals surface area contributed by atoms with Gasteiger partial charge in [-0.15, -0.1) is 0 Å². The van der Waals surface area contributed by atoms with E-state index in [4.69, 9.17) is 14.6 Å². The smallest absolute Gasteiger partial charge is 0.274 e. The van der Waals surface area contributed by atoms with Crippen LogP contribution in [-0.2, 0) is 4.74 Å². The second-order valence-electron chi connectivity index (χ2n) is 10.6. The van der Waals surface area contributed by atoms with Gasteiger partial charge in [0.15, 0.2) is 5.65 Å². The maximum Gasteiger partial charge on any atom is 0.274 e. The molecular weight excluding hydrogens is 446 g/mol. The number of hydrogen-bond acceptors (Lipinski definition) is 6. The summed E-state index contributed by atoms with van der Waals surface area (Å²) in [5, 5.41) is 8.25. The Bertz CT molecular complexity index is 1330. The Balaban J connectivity index is 1.31. The van der Waals surface area contributed by atoms with Crippen LogP contribution in [0.1, 0.15) is 81.2 Å². The first kappa shape index (κ1) is 22.3. The fraction of sp³-hybridized carbons (Fsp3) is 0.538. The number of ether oxygens (including phenoxy) is 2. The quantitative estimate of drug-likeness (QED) is 0.570. The van der Waals surface area contributed by atoms with Gasteiger partial charge in [-0.2, -0.15) is 10.1 Å². The minimum atomic E-state index is -0.408. The highest BCUT2D eigenvalue weighted by Gasteiger charge is 2.30. The maximum absolute atomic E-state index is 13.4. The third kappa shape index (κ3) is 4.45. The van der Waals surface area contributed by atoms with Gasteiger partial charge < -0.3 is 19.4 Å². The predicted octanol–water partition coefficient (Wildman–Crippen LogP) is 4.24. The molecule has 184 valence electrons. The van der Waals surface area contributed by atoms with Crippen LogP contribution in [0, 0.1) is 0 Å². The molecule has 3 aromatic heterocycles. The maximum atomic E-state index is 13.4. The molecule has 1 saturated heterocycles. The van der Waals surface area contributed by atoms with Gasteiger partial charge in [0, 0.05) is 23.8 Å². The van der Waals surface area contributed by atoms with Crippen molar-refractivity contribution in [3.05, 3.63) is 46.5 Å². The van der Waals surface area contributed by atoms with E-state index in [2.05, 4.69) is 24.1 Å². The van der Waals surface area contributed by atoms with Crippen molar-refractivity contribution in [3.8, 4) is 5.88 Å². The van der Waals surface area contributed by atoms with Crippen LogP contribution in [0.25, 0.3) is 11.0 Å². The van der Waals surface area contributed by atoms with E-state index in [0.29, 0.717) is 17.8 Å². The summed E-state index contributed by atoms with van der Waals surface area (Å²) in [7, 11) is 0. The van der Waals surface area contributed by atoms with Gasteiger partial charge in [0.1, 0.15) is 17.4 Å². The number of pyridine rings is 2. The van der Waals surface area contributed by atoms with Gasteiger partial charge in [-0.1, -0.05) is 0 Å². The Morgan fingerprint density at radius 3 is 2.71 bits per heavy atom. The zero-order valence-corrected chi connectivity index (χ0v) is 20.2. The molecule has 0 unspecified atom stereocenters. The van der Waals surface area contributed by atoms with Crippen LogP contribution in [0.3, 0.4) is 0 Å². The fourth-order valence-electron chi connectivity index (χ4n) is 4.68. The largest absolute Gasteiger partial charge is 0.474 e. The van der Waals surface area contributed by atoms with E-state index in [1.54, 1.807) is 29.0 Å². The minimum absolute atomic E-state index is 0.0476. The highest BCUT2D eigenvalue weighted by Crippen LogP contribution is 2.34. The topological polar surface area (TPSA) is 100 Å². The molecule has 3 aromatic rings. The molecule has 6 rings (SSSR count). The zero-order valence-electron chi connectivity index (χ0n) is 20.2. The van der Waals surface area contributed by atoms with Crippen LogP contribution in [0.15, 0.2) is 35.4 Å². The van der Waals surface area contributed by atoms with Crippen LogP contribution in [0.2, 0.25) is 0 Å². The third-order valence-electron chi connectivity index (χ3n) is 7.34. The summed E-state index contributed by atoms with van der Waals surface area (Å²) in [6, 6.07) is 5.55. The first-order chi connectivity index (χ1) is 16.9. The number of rotatable bonds is 6. The molecule has 9 nitrogen and oxygen atoms in total. The number of carbonyl (C=O) groups excluding carboxylic acids is 1. The Kier molecular flexibility index (Phi) is 5.40. The molecule has 0 spiro atoms. The Morgan fingerprint density at radius 1 is 1.20 bits per heavy atom. The number of hydrogen-bond donors (Lipinski definition) is 1. The molecule has 1 atom stereocenters. The van der Waals surface area contributed by atoms with Gasteiger partial charge in [-0.3, -0.25) is 14.3 Å². The first-order valence-electron chi connectivity index (χ1n) is 12.6. The first-order valence-corrected chi connectivity index (χ1v) is 12.6. The number of amides is 1. The Hall–Kier alpha value is -3.20. The second-order valence-corrected chi connectivity index (χ2v) is 10.6. The monoisotopic (exact) mass is 477 g/mol. The minimum Gasteiger partial charge on any atom is -0.474 e. The van der Waals surface area contributed by atoms with Gasteiger partial charge in [0.05, 0.1) is 18.2 Å². The summed E-state index contributed by atoms with van der Waals surface area (Å²) >= 11 is 0. The predicted molar refractivity (Wildman–Crippen MR) is 131 cm³/mol. The highest BCUT2D eigenvalue weighted by atomic mass is 16.5. The molecule has 3 aliphatic rings. The van der Waals surface area contributed by atoms with E-state index in [-0.39, 0.29) is 40.9 Å². The van der Waals surface area contributed by atoms with E-state index in [9.17, 15) is 9.59 Å². The van der Waals surface area contributed by atoms with Crippen LogP contribution >= 0.6 is 0 Å². The molecule has 0 aromatic carbocycles. The molecule has 1 aliphatic heterocycles. The second kappa shape index (κ2) is 8.48. The molecule has 1 amide bonds. The third-order valence-corrected chi connectivity index (χ3v) is 7.34. The van der Waals surface area contributed by atoms with Crippen molar-refractivity contribution in [1.29, 1.82) is 0 Å². The lowest BCUT2D eigenvalue weighted by atomic mass is 9.96. The number of aromatic nitrogens is 4. The van der Waals surface area contributed by atoms with Crippen molar-refractivity contribution >= 4 is 22.6 Å². The SMILES string of the molecule is CC1(C)CC[C@H](n2cc3cc(C(=O)Nc4cccn(C5CC5)c4=O)c(OC4CCC4)nc3n2)CO1. The number of anilines is 1. The van der Waals surface area contributed by atoms with E-state index in [1.807, 2.05) is 10.9 Å². The lowest BCUT2D eigenvalue weighted by Crippen LogP contribution is -2.34. The van der Waals surface area contributed by atoms with E-state index in [0.717, 1.165) is 50.3 Å².